The molecule has 116 valence electrons. The predicted octanol–water partition coefficient (Wildman–Crippen LogP) is 3.53. The smallest absolute Gasteiger partial charge is 0.172 e. The van der Waals surface area contributed by atoms with Crippen LogP contribution in [0.1, 0.15) is 24.0 Å². The van der Waals surface area contributed by atoms with Crippen LogP contribution >= 0.6 is 0 Å². The lowest BCUT2D eigenvalue weighted by Crippen LogP contribution is -2.26. The van der Waals surface area contributed by atoms with Gasteiger partial charge in [-0.25, -0.2) is 8.78 Å². The number of aromatic nitrogens is 1. The summed E-state index contributed by atoms with van der Waals surface area (Å²) < 4.78 is 33.3. The first-order valence-electron chi connectivity index (χ1n) is 7.33. The number of methoxy groups -OCH3 is 1. The summed E-state index contributed by atoms with van der Waals surface area (Å²) in [5, 5.41) is 0. The van der Waals surface area contributed by atoms with E-state index in [1.807, 2.05) is 12.1 Å². The number of rotatable bonds is 6. The molecule has 3 rings (SSSR count). The molecule has 1 saturated carbocycles. The highest BCUT2D eigenvalue weighted by atomic mass is 19.1. The molecule has 0 atom stereocenters. The van der Waals surface area contributed by atoms with Gasteiger partial charge in [0.1, 0.15) is 5.82 Å². The quantitative estimate of drug-likeness (QED) is 0.816. The van der Waals surface area contributed by atoms with E-state index in [-0.39, 0.29) is 17.9 Å². The Hall–Kier alpha value is -2.01. The monoisotopic (exact) mass is 304 g/mol. The minimum absolute atomic E-state index is 0.0697. The molecule has 3 nitrogen and oxygen atoms in total. The molecule has 0 radical (unpaired) electrons. The van der Waals surface area contributed by atoms with Gasteiger partial charge in [0.15, 0.2) is 11.6 Å². The number of ether oxygens (including phenoxy) is 1. The van der Waals surface area contributed by atoms with E-state index in [9.17, 15) is 8.78 Å². The van der Waals surface area contributed by atoms with E-state index in [0.29, 0.717) is 12.6 Å². The van der Waals surface area contributed by atoms with Gasteiger partial charge in [-0.05, 0) is 42.7 Å². The Morgan fingerprint density at radius 2 is 1.86 bits per heavy atom. The van der Waals surface area contributed by atoms with Crippen molar-refractivity contribution in [1.29, 1.82) is 0 Å². The zero-order valence-corrected chi connectivity index (χ0v) is 12.4. The number of hydrogen-bond donors (Lipinski definition) is 0. The van der Waals surface area contributed by atoms with Crippen LogP contribution in [-0.4, -0.2) is 23.0 Å². The molecule has 0 amide bonds. The second kappa shape index (κ2) is 6.40. The van der Waals surface area contributed by atoms with Crippen molar-refractivity contribution in [3.05, 3.63) is 59.4 Å². The molecule has 5 heteroatoms. The van der Waals surface area contributed by atoms with E-state index in [1.165, 1.54) is 19.2 Å². The van der Waals surface area contributed by atoms with Crippen molar-refractivity contribution < 1.29 is 13.5 Å². The van der Waals surface area contributed by atoms with Crippen molar-refractivity contribution in [2.24, 2.45) is 0 Å². The average Bonchev–Trinajstić information content (AvgIpc) is 3.36. The van der Waals surface area contributed by atoms with E-state index < -0.39 is 11.6 Å². The number of nitrogens with zero attached hydrogens (tertiary/aromatic N) is 2. The first-order valence-corrected chi connectivity index (χ1v) is 7.33. The van der Waals surface area contributed by atoms with Crippen LogP contribution in [0.4, 0.5) is 8.78 Å². The van der Waals surface area contributed by atoms with E-state index in [0.717, 1.165) is 18.4 Å². The van der Waals surface area contributed by atoms with Gasteiger partial charge in [-0.2, -0.15) is 0 Å². The number of benzene rings is 1. The molecular formula is C17H18F2N2O. The molecule has 0 aliphatic heterocycles. The van der Waals surface area contributed by atoms with Crippen LogP contribution in [0.15, 0.2) is 36.7 Å². The third kappa shape index (κ3) is 3.25. The topological polar surface area (TPSA) is 25.4 Å². The third-order valence-electron chi connectivity index (χ3n) is 3.93. The van der Waals surface area contributed by atoms with Crippen molar-refractivity contribution >= 4 is 0 Å². The van der Waals surface area contributed by atoms with Crippen LogP contribution in [0, 0.1) is 11.6 Å². The van der Waals surface area contributed by atoms with Gasteiger partial charge in [0.25, 0.3) is 0 Å². The summed E-state index contributed by atoms with van der Waals surface area (Å²) in [5.74, 6) is -1.06. The Morgan fingerprint density at radius 1 is 1.14 bits per heavy atom. The van der Waals surface area contributed by atoms with Crippen molar-refractivity contribution in [2.75, 3.05) is 7.11 Å². The summed E-state index contributed by atoms with van der Waals surface area (Å²) in [6.07, 6.45) is 5.59. The summed E-state index contributed by atoms with van der Waals surface area (Å²) in [5.41, 5.74) is 1.16. The number of pyridine rings is 1. The summed E-state index contributed by atoms with van der Waals surface area (Å²) in [4.78, 5) is 6.10. The molecule has 1 fully saturated rings. The fourth-order valence-electron chi connectivity index (χ4n) is 2.56. The summed E-state index contributed by atoms with van der Waals surface area (Å²) in [6, 6.07) is 6.81. The van der Waals surface area contributed by atoms with Gasteiger partial charge >= 0.3 is 0 Å². The highest BCUT2D eigenvalue weighted by molar-refractivity contribution is 5.32. The van der Waals surface area contributed by atoms with Crippen molar-refractivity contribution in [2.45, 2.75) is 32.0 Å². The molecule has 0 N–H and O–H groups in total. The minimum atomic E-state index is -0.608. The van der Waals surface area contributed by atoms with Gasteiger partial charge in [-0.3, -0.25) is 9.88 Å². The van der Waals surface area contributed by atoms with Gasteiger partial charge in [0.2, 0.25) is 0 Å². The maximum Gasteiger partial charge on any atom is 0.172 e. The highest BCUT2D eigenvalue weighted by Gasteiger charge is 2.30. The van der Waals surface area contributed by atoms with E-state index in [1.54, 1.807) is 12.4 Å². The Bertz CT molecular complexity index is 645. The Morgan fingerprint density at radius 3 is 2.50 bits per heavy atom. The first-order chi connectivity index (χ1) is 10.7. The number of hydrogen-bond acceptors (Lipinski definition) is 3. The van der Waals surface area contributed by atoms with Crippen LogP contribution in [0.3, 0.4) is 0 Å². The second-order valence-electron chi connectivity index (χ2n) is 5.53. The normalized spacial score (nSPS) is 14.4. The molecule has 0 bridgehead atoms. The Balaban J connectivity index is 1.83. The standard InChI is InChI=1S/C17H18F2N2O/c1-22-16-5-4-15(18)14(17(16)19)11-21(13-2-3-13)10-12-6-8-20-9-7-12/h4-9,13H,2-3,10-11H2,1H3. The zero-order valence-electron chi connectivity index (χ0n) is 12.4. The van der Waals surface area contributed by atoms with Crippen LogP contribution in [-0.2, 0) is 13.1 Å². The fourth-order valence-corrected chi connectivity index (χ4v) is 2.56. The summed E-state index contributed by atoms with van der Waals surface area (Å²) in [7, 11) is 1.38. The molecule has 1 aliphatic carbocycles. The van der Waals surface area contributed by atoms with Gasteiger partial charge in [0.05, 0.1) is 7.11 Å². The summed E-state index contributed by atoms with van der Waals surface area (Å²) >= 11 is 0. The van der Waals surface area contributed by atoms with Crippen LogP contribution in [0.2, 0.25) is 0 Å². The van der Waals surface area contributed by atoms with Gasteiger partial charge in [-0.1, -0.05) is 0 Å². The lowest BCUT2D eigenvalue weighted by atomic mass is 10.1. The number of halogens is 2. The van der Waals surface area contributed by atoms with Crippen LogP contribution < -0.4 is 4.74 Å². The molecule has 0 saturated heterocycles. The minimum Gasteiger partial charge on any atom is -0.494 e. The van der Waals surface area contributed by atoms with Crippen LogP contribution in [0.25, 0.3) is 0 Å². The largest absolute Gasteiger partial charge is 0.494 e. The molecular weight excluding hydrogens is 286 g/mol. The average molecular weight is 304 g/mol. The Labute approximate surface area is 128 Å². The molecule has 0 spiro atoms. The zero-order chi connectivity index (χ0) is 15.5. The fraction of sp³-hybridized carbons (Fsp3) is 0.353. The van der Waals surface area contributed by atoms with Crippen molar-refractivity contribution in [3.63, 3.8) is 0 Å². The molecule has 2 aromatic rings. The van der Waals surface area contributed by atoms with E-state index in [4.69, 9.17) is 4.74 Å². The molecule has 1 heterocycles. The third-order valence-corrected chi connectivity index (χ3v) is 3.93. The molecule has 22 heavy (non-hydrogen) atoms. The SMILES string of the molecule is COc1ccc(F)c(CN(Cc2ccncc2)C2CC2)c1F. The van der Waals surface area contributed by atoms with Gasteiger partial charge in [0, 0.05) is 37.1 Å². The first kappa shape index (κ1) is 14.9. The maximum atomic E-state index is 14.3. The molecule has 0 unspecified atom stereocenters. The van der Waals surface area contributed by atoms with Gasteiger partial charge in [-0.15, -0.1) is 0 Å². The van der Waals surface area contributed by atoms with Gasteiger partial charge < -0.3 is 4.74 Å². The molecule has 1 aromatic carbocycles. The van der Waals surface area contributed by atoms with Crippen molar-refractivity contribution in [1.82, 2.24) is 9.88 Å². The van der Waals surface area contributed by atoms with E-state index >= 15 is 0 Å². The molecule has 1 aromatic heterocycles. The van der Waals surface area contributed by atoms with Crippen LogP contribution in [0.5, 0.6) is 5.75 Å². The highest BCUT2D eigenvalue weighted by Crippen LogP contribution is 2.32. The predicted molar refractivity (Wildman–Crippen MR) is 79.4 cm³/mol. The lowest BCUT2D eigenvalue weighted by molar-refractivity contribution is 0.236. The second-order valence-corrected chi connectivity index (χ2v) is 5.53. The Kier molecular flexibility index (Phi) is 4.34. The van der Waals surface area contributed by atoms with Crippen molar-refractivity contribution in [3.8, 4) is 5.75 Å². The molecule has 1 aliphatic rings. The van der Waals surface area contributed by atoms with E-state index in [2.05, 4.69) is 9.88 Å². The lowest BCUT2D eigenvalue weighted by Gasteiger charge is -2.23. The maximum absolute atomic E-state index is 14.3. The summed E-state index contributed by atoms with van der Waals surface area (Å²) in [6.45, 7) is 0.894.